The van der Waals surface area contributed by atoms with Gasteiger partial charge in [-0.2, -0.15) is 11.8 Å². The highest BCUT2D eigenvalue weighted by molar-refractivity contribution is 7.99. The van der Waals surface area contributed by atoms with Gasteiger partial charge in [-0.15, -0.1) is 0 Å². The maximum Gasteiger partial charge on any atom is 0.242 e. The van der Waals surface area contributed by atoms with Crippen molar-refractivity contribution in [1.29, 1.82) is 0 Å². The molecule has 0 radical (unpaired) electrons. The summed E-state index contributed by atoms with van der Waals surface area (Å²) in [5, 5.41) is 3.44. The average Bonchev–Trinajstić information content (AvgIpc) is 2.64. The van der Waals surface area contributed by atoms with E-state index in [-0.39, 0.29) is 5.54 Å². The average molecular weight is 242 g/mol. The maximum atomic E-state index is 12.6. The van der Waals surface area contributed by atoms with Gasteiger partial charge in [-0.25, -0.2) is 0 Å². The van der Waals surface area contributed by atoms with E-state index in [0.717, 1.165) is 51.1 Å². The van der Waals surface area contributed by atoms with Crippen LogP contribution in [0.3, 0.4) is 0 Å². The number of amides is 1. The molecular weight excluding hydrogens is 220 g/mol. The number of hydrogen-bond donors (Lipinski definition) is 1. The molecule has 1 unspecified atom stereocenters. The van der Waals surface area contributed by atoms with Crippen LogP contribution in [-0.2, 0) is 4.79 Å². The van der Waals surface area contributed by atoms with Gasteiger partial charge >= 0.3 is 0 Å². The Hall–Kier alpha value is -0.220. The molecule has 3 nitrogen and oxygen atoms in total. The number of thioether (sulfide) groups is 1. The normalized spacial score (nSPS) is 31.4. The lowest BCUT2D eigenvalue weighted by atomic mass is 9.92. The second-order valence-electron chi connectivity index (χ2n) is 4.72. The monoisotopic (exact) mass is 242 g/mol. The third-order valence-corrected chi connectivity index (χ3v) is 4.81. The van der Waals surface area contributed by atoms with E-state index in [0.29, 0.717) is 5.91 Å². The fourth-order valence-corrected chi connectivity index (χ4v) is 3.58. The molecule has 0 saturated carbocycles. The Balaban J connectivity index is 2.03. The zero-order valence-electron chi connectivity index (χ0n) is 10.1. The van der Waals surface area contributed by atoms with Gasteiger partial charge in [-0.1, -0.05) is 6.92 Å². The second-order valence-corrected chi connectivity index (χ2v) is 5.95. The van der Waals surface area contributed by atoms with Crippen molar-refractivity contribution in [2.45, 2.75) is 38.1 Å². The molecule has 1 N–H and O–H groups in total. The van der Waals surface area contributed by atoms with Crippen molar-refractivity contribution in [3.8, 4) is 0 Å². The molecule has 2 fully saturated rings. The van der Waals surface area contributed by atoms with E-state index in [1.54, 1.807) is 0 Å². The molecule has 0 aromatic carbocycles. The lowest BCUT2D eigenvalue weighted by Gasteiger charge is -2.33. The van der Waals surface area contributed by atoms with Crippen LogP contribution in [-0.4, -0.2) is 47.5 Å². The third-order valence-electron chi connectivity index (χ3n) is 3.77. The summed E-state index contributed by atoms with van der Waals surface area (Å²) in [4.78, 5) is 14.6. The van der Waals surface area contributed by atoms with E-state index in [2.05, 4.69) is 17.1 Å². The number of nitrogens with zero attached hydrogens (tertiary/aromatic N) is 1. The molecule has 4 heteroatoms. The van der Waals surface area contributed by atoms with Crippen LogP contribution in [0.25, 0.3) is 0 Å². The molecule has 1 amide bonds. The molecule has 0 aromatic rings. The van der Waals surface area contributed by atoms with Crippen LogP contribution in [0.1, 0.15) is 32.6 Å². The largest absolute Gasteiger partial charge is 0.340 e. The predicted octanol–water partition coefficient (Wildman–Crippen LogP) is 1.48. The number of rotatable bonds is 2. The van der Waals surface area contributed by atoms with Gasteiger partial charge in [0.25, 0.3) is 0 Å². The summed E-state index contributed by atoms with van der Waals surface area (Å²) in [5.74, 6) is 2.66. The molecule has 1 atom stereocenters. The molecule has 0 bridgehead atoms. The zero-order chi connectivity index (χ0) is 11.4. The quantitative estimate of drug-likeness (QED) is 0.796. The van der Waals surface area contributed by atoms with E-state index in [1.165, 1.54) is 5.75 Å². The van der Waals surface area contributed by atoms with E-state index < -0.39 is 0 Å². The van der Waals surface area contributed by atoms with Gasteiger partial charge in [0, 0.05) is 18.8 Å². The number of hydrogen-bond acceptors (Lipinski definition) is 3. The van der Waals surface area contributed by atoms with E-state index in [1.807, 2.05) is 11.8 Å². The predicted molar refractivity (Wildman–Crippen MR) is 68.8 cm³/mol. The van der Waals surface area contributed by atoms with Crippen molar-refractivity contribution in [2.75, 3.05) is 31.1 Å². The van der Waals surface area contributed by atoms with Crippen LogP contribution in [0.2, 0.25) is 0 Å². The van der Waals surface area contributed by atoms with Gasteiger partial charge in [-0.3, -0.25) is 4.79 Å². The summed E-state index contributed by atoms with van der Waals surface area (Å²) in [6.45, 7) is 5.02. The fraction of sp³-hybridized carbons (Fsp3) is 0.917. The molecular formula is C12H22N2OS. The van der Waals surface area contributed by atoms with Gasteiger partial charge in [0.05, 0.1) is 5.54 Å². The highest BCUT2D eigenvalue weighted by atomic mass is 32.2. The first kappa shape index (κ1) is 12.2. The molecule has 16 heavy (non-hydrogen) atoms. The molecule has 2 aliphatic heterocycles. The van der Waals surface area contributed by atoms with Gasteiger partial charge in [0.1, 0.15) is 0 Å². The minimum Gasteiger partial charge on any atom is -0.340 e. The minimum absolute atomic E-state index is 0.227. The Morgan fingerprint density at radius 2 is 2.25 bits per heavy atom. The van der Waals surface area contributed by atoms with Gasteiger partial charge in [0.15, 0.2) is 0 Å². The van der Waals surface area contributed by atoms with Crippen LogP contribution in [0.5, 0.6) is 0 Å². The van der Waals surface area contributed by atoms with Crippen LogP contribution in [0, 0.1) is 0 Å². The van der Waals surface area contributed by atoms with Crippen LogP contribution < -0.4 is 5.32 Å². The summed E-state index contributed by atoms with van der Waals surface area (Å²) in [5.41, 5.74) is -0.227. The first-order chi connectivity index (χ1) is 7.78. The van der Waals surface area contributed by atoms with Crippen LogP contribution in [0.4, 0.5) is 0 Å². The standard InChI is InChI=1S/C12H22N2OS/c1-2-12(5-3-6-13-12)11(15)14-7-4-9-16-10-8-14/h13H,2-10H2,1H3. The molecule has 2 heterocycles. The van der Waals surface area contributed by atoms with E-state index in [4.69, 9.17) is 0 Å². The highest BCUT2D eigenvalue weighted by Gasteiger charge is 2.41. The Morgan fingerprint density at radius 3 is 2.94 bits per heavy atom. The molecule has 0 spiro atoms. The van der Waals surface area contributed by atoms with Crippen molar-refractivity contribution < 1.29 is 4.79 Å². The number of carbonyl (C=O) groups is 1. The molecule has 2 saturated heterocycles. The minimum atomic E-state index is -0.227. The van der Waals surface area contributed by atoms with Crippen molar-refractivity contribution >= 4 is 17.7 Å². The van der Waals surface area contributed by atoms with E-state index >= 15 is 0 Å². The third kappa shape index (κ3) is 2.38. The lowest BCUT2D eigenvalue weighted by molar-refractivity contribution is -0.137. The summed E-state index contributed by atoms with van der Waals surface area (Å²) in [6, 6.07) is 0. The Morgan fingerprint density at radius 1 is 1.38 bits per heavy atom. The number of carbonyl (C=O) groups excluding carboxylic acids is 1. The van der Waals surface area contributed by atoms with Gasteiger partial charge in [-0.05, 0) is 38.0 Å². The van der Waals surface area contributed by atoms with Crippen molar-refractivity contribution in [3.05, 3.63) is 0 Å². The smallest absolute Gasteiger partial charge is 0.242 e. The SMILES string of the molecule is CCC1(C(=O)N2CCCSCC2)CCCN1. The van der Waals surface area contributed by atoms with Gasteiger partial charge in [0.2, 0.25) is 5.91 Å². The first-order valence-electron chi connectivity index (χ1n) is 6.41. The Labute approximate surface area is 102 Å². The fourth-order valence-electron chi connectivity index (χ4n) is 2.69. The number of nitrogens with one attached hydrogen (secondary N) is 1. The van der Waals surface area contributed by atoms with Crippen molar-refractivity contribution in [1.82, 2.24) is 10.2 Å². The van der Waals surface area contributed by atoms with Gasteiger partial charge < -0.3 is 10.2 Å². The van der Waals surface area contributed by atoms with E-state index in [9.17, 15) is 4.79 Å². The summed E-state index contributed by atoms with van der Waals surface area (Å²) < 4.78 is 0. The molecule has 92 valence electrons. The van der Waals surface area contributed by atoms with Crippen LogP contribution >= 0.6 is 11.8 Å². The Kier molecular flexibility index (Phi) is 4.14. The lowest BCUT2D eigenvalue weighted by Crippen LogP contribution is -2.55. The van der Waals surface area contributed by atoms with Crippen LogP contribution in [0.15, 0.2) is 0 Å². The summed E-state index contributed by atoms with van der Waals surface area (Å²) in [7, 11) is 0. The first-order valence-corrected chi connectivity index (χ1v) is 7.56. The Bertz CT molecular complexity index is 243. The van der Waals surface area contributed by atoms with Crippen molar-refractivity contribution in [3.63, 3.8) is 0 Å². The topological polar surface area (TPSA) is 32.3 Å². The molecule has 2 aliphatic rings. The highest BCUT2D eigenvalue weighted by Crippen LogP contribution is 2.26. The molecule has 0 aromatic heterocycles. The zero-order valence-corrected chi connectivity index (χ0v) is 10.9. The maximum absolute atomic E-state index is 12.6. The van der Waals surface area contributed by atoms with Crippen molar-refractivity contribution in [2.24, 2.45) is 0 Å². The molecule has 2 rings (SSSR count). The molecule has 0 aliphatic carbocycles. The second kappa shape index (κ2) is 5.41. The summed E-state index contributed by atoms with van der Waals surface area (Å²) >= 11 is 1.97. The summed E-state index contributed by atoms with van der Waals surface area (Å²) in [6.07, 6.45) is 4.24.